The van der Waals surface area contributed by atoms with Gasteiger partial charge in [-0.05, 0) is 24.3 Å². The zero-order chi connectivity index (χ0) is 18.2. The maximum absolute atomic E-state index is 6.37. The summed E-state index contributed by atoms with van der Waals surface area (Å²) in [4.78, 5) is 4.08. The average Bonchev–Trinajstić information content (AvgIpc) is 3.15. The Labute approximate surface area is 163 Å². The molecule has 0 saturated carbocycles. The van der Waals surface area contributed by atoms with Gasteiger partial charge >= 0.3 is 0 Å². The van der Waals surface area contributed by atoms with Crippen molar-refractivity contribution < 1.29 is 9.47 Å². The highest BCUT2D eigenvalue weighted by Gasteiger charge is 2.16. The normalized spacial score (nSPS) is 12.1. The summed E-state index contributed by atoms with van der Waals surface area (Å²) in [5.41, 5.74) is 0.911. The van der Waals surface area contributed by atoms with Gasteiger partial charge in [0.15, 0.2) is 0 Å². The number of hydrogen-bond donors (Lipinski definition) is 0. The second-order valence-corrected chi connectivity index (χ2v) is 6.64. The highest BCUT2D eigenvalue weighted by atomic mass is 35.5. The molecule has 0 aliphatic heterocycles. The Kier molecular flexibility index (Phi) is 6.95. The number of benzene rings is 2. The van der Waals surface area contributed by atoms with Gasteiger partial charge in [0.25, 0.3) is 0 Å². The van der Waals surface area contributed by atoms with Crippen LogP contribution in [0.5, 0.6) is 5.75 Å². The van der Waals surface area contributed by atoms with E-state index in [9.17, 15) is 0 Å². The molecule has 1 atom stereocenters. The summed E-state index contributed by atoms with van der Waals surface area (Å²) in [6.45, 7) is 1.78. The molecule has 26 heavy (non-hydrogen) atoms. The second-order valence-electron chi connectivity index (χ2n) is 5.80. The summed E-state index contributed by atoms with van der Waals surface area (Å²) in [7, 11) is 0. The molecule has 6 heteroatoms. The lowest BCUT2D eigenvalue weighted by Crippen LogP contribution is -2.14. The van der Waals surface area contributed by atoms with E-state index in [2.05, 4.69) is 4.98 Å². The van der Waals surface area contributed by atoms with E-state index >= 15 is 0 Å². The SMILES string of the molecule is Clc1ccc(C(Cn2ccnc2)OCCCOc2ccccc2)c(Cl)c1. The number of rotatable bonds is 9. The lowest BCUT2D eigenvalue weighted by atomic mass is 10.1. The number of ether oxygens (including phenoxy) is 2. The van der Waals surface area contributed by atoms with E-state index in [1.165, 1.54) is 0 Å². The quantitative estimate of drug-likeness (QED) is 0.457. The molecule has 3 rings (SSSR count). The van der Waals surface area contributed by atoms with Gasteiger partial charge in [0.2, 0.25) is 0 Å². The van der Waals surface area contributed by atoms with Gasteiger partial charge in [0.1, 0.15) is 11.9 Å². The summed E-state index contributed by atoms with van der Waals surface area (Å²) in [5.74, 6) is 0.864. The maximum Gasteiger partial charge on any atom is 0.119 e. The molecule has 0 bridgehead atoms. The minimum atomic E-state index is -0.189. The van der Waals surface area contributed by atoms with Crippen LogP contribution in [0, 0.1) is 0 Å². The third kappa shape index (κ3) is 5.49. The van der Waals surface area contributed by atoms with Gasteiger partial charge in [-0.2, -0.15) is 0 Å². The predicted molar refractivity (Wildman–Crippen MR) is 104 cm³/mol. The molecule has 0 fully saturated rings. The monoisotopic (exact) mass is 390 g/mol. The first kappa shape index (κ1) is 18.8. The van der Waals surface area contributed by atoms with Crippen molar-refractivity contribution in [2.75, 3.05) is 13.2 Å². The fraction of sp³-hybridized carbons (Fsp3) is 0.250. The average molecular weight is 391 g/mol. The Morgan fingerprint density at radius 1 is 1.04 bits per heavy atom. The molecule has 1 aromatic heterocycles. The van der Waals surface area contributed by atoms with Gasteiger partial charge in [-0.15, -0.1) is 0 Å². The van der Waals surface area contributed by atoms with Gasteiger partial charge in [-0.1, -0.05) is 47.5 Å². The van der Waals surface area contributed by atoms with E-state index in [4.69, 9.17) is 32.7 Å². The van der Waals surface area contributed by atoms with Crippen LogP contribution in [0.2, 0.25) is 10.0 Å². The first-order valence-corrected chi connectivity index (χ1v) is 9.18. The van der Waals surface area contributed by atoms with E-state index in [0.717, 1.165) is 17.7 Å². The summed E-state index contributed by atoms with van der Waals surface area (Å²) in [6.07, 6.45) is 6.00. The van der Waals surface area contributed by atoms with E-state index in [1.807, 2.05) is 53.2 Å². The van der Waals surface area contributed by atoms with Crippen molar-refractivity contribution in [2.24, 2.45) is 0 Å². The van der Waals surface area contributed by atoms with Crippen molar-refractivity contribution in [2.45, 2.75) is 19.1 Å². The van der Waals surface area contributed by atoms with Crippen molar-refractivity contribution >= 4 is 23.2 Å². The molecule has 0 saturated heterocycles. The Morgan fingerprint density at radius 3 is 2.62 bits per heavy atom. The zero-order valence-electron chi connectivity index (χ0n) is 14.2. The van der Waals surface area contributed by atoms with Gasteiger partial charge < -0.3 is 14.0 Å². The van der Waals surface area contributed by atoms with Crippen molar-refractivity contribution in [1.82, 2.24) is 9.55 Å². The fourth-order valence-corrected chi connectivity index (χ4v) is 3.11. The van der Waals surface area contributed by atoms with E-state index in [0.29, 0.717) is 29.8 Å². The molecule has 1 unspecified atom stereocenters. The van der Waals surface area contributed by atoms with Crippen LogP contribution < -0.4 is 4.74 Å². The number of halogens is 2. The van der Waals surface area contributed by atoms with Crippen molar-refractivity contribution in [3.05, 3.63) is 82.9 Å². The number of para-hydroxylation sites is 1. The molecule has 0 N–H and O–H groups in total. The van der Waals surface area contributed by atoms with Gasteiger partial charge in [0.05, 0.1) is 26.1 Å². The summed E-state index contributed by atoms with van der Waals surface area (Å²) < 4.78 is 13.8. The molecular formula is C20H20Cl2N2O2. The molecule has 3 aromatic rings. The third-order valence-electron chi connectivity index (χ3n) is 3.86. The van der Waals surface area contributed by atoms with E-state index in [1.54, 1.807) is 18.6 Å². The number of aromatic nitrogens is 2. The van der Waals surface area contributed by atoms with Crippen LogP contribution in [0.3, 0.4) is 0 Å². The molecule has 4 nitrogen and oxygen atoms in total. The fourth-order valence-electron chi connectivity index (χ4n) is 2.58. The summed E-state index contributed by atoms with van der Waals surface area (Å²) in [6, 6.07) is 15.2. The predicted octanol–water partition coefficient (Wildman–Crippen LogP) is 5.42. The molecule has 2 aromatic carbocycles. The minimum Gasteiger partial charge on any atom is -0.494 e. The Balaban J connectivity index is 1.57. The molecule has 1 heterocycles. The van der Waals surface area contributed by atoms with Crippen molar-refractivity contribution in [3.63, 3.8) is 0 Å². The number of nitrogens with zero attached hydrogens (tertiary/aromatic N) is 2. The lowest BCUT2D eigenvalue weighted by molar-refractivity contribution is 0.0337. The molecule has 0 aliphatic rings. The number of imidazole rings is 1. The third-order valence-corrected chi connectivity index (χ3v) is 4.43. The van der Waals surface area contributed by atoms with Crippen LogP contribution in [0.1, 0.15) is 18.1 Å². The second kappa shape index (κ2) is 9.62. The van der Waals surface area contributed by atoms with E-state index in [-0.39, 0.29) is 6.10 Å². The first-order valence-electron chi connectivity index (χ1n) is 8.42. The molecule has 0 spiro atoms. The minimum absolute atomic E-state index is 0.189. The van der Waals surface area contributed by atoms with Crippen LogP contribution in [0.25, 0.3) is 0 Å². The van der Waals surface area contributed by atoms with Crippen LogP contribution in [0.15, 0.2) is 67.3 Å². The summed E-state index contributed by atoms with van der Waals surface area (Å²) in [5, 5.41) is 1.21. The molecule has 0 radical (unpaired) electrons. The van der Waals surface area contributed by atoms with Gasteiger partial charge in [-0.25, -0.2) is 4.98 Å². The van der Waals surface area contributed by atoms with Gasteiger partial charge in [-0.3, -0.25) is 0 Å². The molecule has 136 valence electrons. The molecule has 0 aliphatic carbocycles. The van der Waals surface area contributed by atoms with Crippen molar-refractivity contribution in [1.29, 1.82) is 0 Å². The highest BCUT2D eigenvalue weighted by molar-refractivity contribution is 6.35. The largest absolute Gasteiger partial charge is 0.494 e. The van der Waals surface area contributed by atoms with E-state index < -0.39 is 0 Å². The van der Waals surface area contributed by atoms with Crippen LogP contribution in [0.4, 0.5) is 0 Å². The summed E-state index contributed by atoms with van der Waals surface area (Å²) >= 11 is 12.4. The van der Waals surface area contributed by atoms with Crippen LogP contribution in [-0.4, -0.2) is 22.8 Å². The zero-order valence-corrected chi connectivity index (χ0v) is 15.7. The lowest BCUT2D eigenvalue weighted by Gasteiger charge is -2.20. The molecular weight excluding hydrogens is 371 g/mol. The van der Waals surface area contributed by atoms with Gasteiger partial charge in [0, 0.05) is 34.4 Å². The highest BCUT2D eigenvalue weighted by Crippen LogP contribution is 2.29. The first-order chi connectivity index (χ1) is 12.7. The Bertz CT molecular complexity index is 795. The smallest absolute Gasteiger partial charge is 0.119 e. The Morgan fingerprint density at radius 2 is 1.88 bits per heavy atom. The Hall–Kier alpha value is -2.01. The molecule has 0 amide bonds. The standard InChI is InChI=1S/C20H20Cl2N2O2/c21-16-7-8-18(19(22)13-16)20(14-24-10-9-23-15-24)26-12-4-11-25-17-5-2-1-3-6-17/h1-3,5-10,13,15,20H,4,11-12,14H2. The van der Waals surface area contributed by atoms with Crippen molar-refractivity contribution in [3.8, 4) is 5.75 Å². The van der Waals surface area contributed by atoms with Crippen LogP contribution in [-0.2, 0) is 11.3 Å². The number of hydrogen-bond acceptors (Lipinski definition) is 3. The topological polar surface area (TPSA) is 36.3 Å². The maximum atomic E-state index is 6.37. The van der Waals surface area contributed by atoms with Crippen LogP contribution >= 0.6 is 23.2 Å².